The van der Waals surface area contributed by atoms with E-state index in [0.717, 1.165) is 6.29 Å². The van der Waals surface area contributed by atoms with Gasteiger partial charge in [-0.05, 0) is 12.1 Å². The van der Waals surface area contributed by atoms with Crippen LogP contribution in [-0.4, -0.2) is 20.8 Å². The molecule has 4 heteroatoms. The third kappa shape index (κ3) is 1.46. The summed E-state index contributed by atoms with van der Waals surface area (Å²) in [4.78, 5) is 18.4. The SMILES string of the molecule is O=Cc1cccc(-n2ccnc2)n1. The third-order valence-electron chi connectivity index (χ3n) is 1.65. The molecule has 0 atom stereocenters. The van der Waals surface area contributed by atoms with Crippen molar-refractivity contribution < 1.29 is 4.79 Å². The molecule has 64 valence electrons. The zero-order chi connectivity index (χ0) is 9.10. The molecule has 0 spiro atoms. The lowest BCUT2D eigenvalue weighted by Crippen LogP contribution is -1.96. The lowest BCUT2D eigenvalue weighted by atomic mass is 10.3. The molecule has 0 aliphatic rings. The zero-order valence-corrected chi connectivity index (χ0v) is 6.79. The van der Waals surface area contributed by atoms with Crippen LogP contribution in [0, 0.1) is 0 Å². The van der Waals surface area contributed by atoms with Crippen LogP contribution in [0.25, 0.3) is 5.82 Å². The number of nitrogens with zero attached hydrogens (tertiary/aromatic N) is 3. The van der Waals surface area contributed by atoms with Gasteiger partial charge in [0.05, 0.1) is 0 Å². The maximum atomic E-state index is 10.4. The smallest absolute Gasteiger partial charge is 0.168 e. The highest BCUT2D eigenvalue weighted by Crippen LogP contribution is 2.03. The van der Waals surface area contributed by atoms with Crippen molar-refractivity contribution in [3.05, 3.63) is 42.6 Å². The first-order chi connectivity index (χ1) is 6.40. The highest BCUT2D eigenvalue weighted by atomic mass is 16.1. The molecule has 2 rings (SSSR count). The molecule has 0 saturated carbocycles. The maximum absolute atomic E-state index is 10.4. The molecule has 2 aromatic rings. The Morgan fingerprint density at radius 1 is 1.38 bits per heavy atom. The molecule has 0 bridgehead atoms. The van der Waals surface area contributed by atoms with E-state index in [9.17, 15) is 4.79 Å². The van der Waals surface area contributed by atoms with Gasteiger partial charge in [-0.3, -0.25) is 9.36 Å². The molecule has 0 N–H and O–H groups in total. The highest BCUT2D eigenvalue weighted by molar-refractivity contribution is 5.71. The summed E-state index contributed by atoms with van der Waals surface area (Å²) in [7, 11) is 0. The number of hydrogen-bond donors (Lipinski definition) is 0. The van der Waals surface area contributed by atoms with Gasteiger partial charge in [-0.1, -0.05) is 6.07 Å². The van der Waals surface area contributed by atoms with Gasteiger partial charge < -0.3 is 0 Å². The maximum Gasteiger partial charge on any atom is 0.168 e. The monoisotopic (exact) mass is 173 g/mol. The van der Waals surface area contributed by atoms with Gasteiger partial charge in [-0.25, -0.2) is 9.97 Å². The molecule has 0 saturated heterocycles. The summed E-state index contributed by atoms with van der Waals surface area (Å²) in [6.45, 7) is 0. The second-order valence-electron chi connectivity index (χ2n) is 2.51. The molecule has 0 aromatic carbocycles. The standard InChI is InChI=1S/C9H7N3O/c13-6-8-2-1-3-9(11-8)12-5-4-10-7-12/h1-7H. The third-order valence-corrected chi connectivity index (χ3v) is 1.65. The van der Waals surface area contributed by atoms with E-state index in [2.05, 4.69) is 9.97 Å². The Morgan fingerprint density at radius 2 is 2.31 bits per heavy atom. The van der Waals surface area contributed by atoms with E-state index in [-0.39, 0.29) is 0 Å². The van der Waals surface area contributed by atoms with E-state index in [1.807, 2.05) is 6.07 Å². The number of aldehydes is 1. The average Bonchev–Trinajstić information content (AvgIpc) is 2.71. The van der Waals surface area contributed by atoms with Crippen LogP contribution in [0.5, 0.6) is 0 Å². The predicted octanol–water partition coefficient (Wildman–Crippen LogP) is 1.08. The lowest BCUT2D eigenvalue weighted by Gasteiger charge is -1.99. The quantitative estimate of drug-likeness (QED) is 0.638. The van der Waals surface area contributed by atoms with Crippen LogP contribution >= 0.6 is 0 Å². The average molecular weight is 173 g/mol. The summed E-state index contributed by atoms with van der Waals surface area (Å²) in [5.41, 5.74) is 0.422. The zero-order valence-electron chi connectivity index (χ0n) is 6.79. The normalized spacial score (nSPS) is 9.85. The summed E-state index contributed by atoms with van der Waals surface area (Å²) in [5, 5.41) is 0. The van der Waals surface area contributed by atoms with Crippen molar-refractivity contribution in [2.45, 2.75) is 0 Å². The van der Waals surface area contributed by atoms with Crippen molar-refractivity contribution in [3.8, 4) is 5.82 Å². The fourth-order valence-electron chi connectivity index (χ4n) is 1.04. The molecule has 2 aromatic heterocycles. The summed E-state index contributed by atoms with van der Waals surface area (Å²) < 4.78 is 1.74. The first kappa shape index (κ1) is 7.67. The number of carbonyl (C=O) groups is 1. The summed E-state index contributed by atoms with van der Waals surface area (Å²) in [5.74, 6) is 0.696. The van der Waals surface area contributed by atoms with Gasteiger partial charge in [0, 0.05) is 12.4 Å². The Kier molecular flexibility index (Phi) is 1.88. The lowest BCUT2D eigenvalue weighted by molar-refractivity contribution is 0.111. The Bertz CT molecular complexity index is 409. The Labute approximate surface area is 74.9 Å². The summed E-state index contributed by atoms with van der Waals surface area (Å²) in [6.07, 6.45) is 5.80. The van der Waals surface area contributed by atoms with E-state index in [1.165, 1.54) is 0 Å². The largest absolute Gasteiger partial charge is 0.296 e. The first-order valence-electron chi connectivity index (χ1n) is 3.81. The minimum absolute atomic E-state index is 0.422. The van der Waals surface area contributed by atoms with Crippen molar-refractivity contribution in [1.82, 2.24) is 14.5 Å². The number of pyridine rings is 1. The van der Waals surface area contributed by atoms with Gasteiger partial charge in [0.1, 0.15) is 17.8 Å². The van der Waals surface area contributed by atoms with Crippen LogP contribution < -0.4 is 0 Å². The molecule has 0 aliphatic heterocycles. The van der Waals surface area contributed by atoms with Crippen LogP contribution in [0.2, 0.25) is 0 Å². The molecule has 13 heavy (non-hydrogen) atoms. The van der Waals surface area contributed by atoms with Crippen LogP contribution in [0.3, 0.4) is 0 Å². The van der Waals surface area contributed by atoms with Gasteiger partial charge in [-0.15, -0.1) is 0 Å². The Hall–Kier alpha value is -1.97. The number of hydrogen-bond acceptors (Lipinski definition) is 3. The van der Waals surface area contributed by atoms with Gasteiger partial charge in [-0.2, -0.15) is 0 Å². The molecular formula is C9H7N3O. The number of imidazole rings is 1. The molecular weight excluding hydrogens is 166 g/mol. The van der Waals surface area contributed by atoms with Gasteiger partial charge in [0.2, 0.25) is 0 Å². The van der Waals surface area contributed by atoms with Crippen molar-refractivity contribution in [3.63, 3.8) is 0 Å². The van der Waals surface area contributed by atoms with Crippen LogP contribution in [0.15, 0.2) is 36.9 Å². The van der Waals surface area contributed by atoms with E-state index in [4.69, 9.17) is 0 Å². The predicted molar refractivity (Wildman–Crippen MR) is 46.7 cm³/mol. The fourth-order valence-corrected chi connectivity index (χ4v) is 1.04. The molecule has 4 nitrogen and oxygen atoms in total. The minimum Gasteiger partial charge on any atom is -0.296 e. The number of carbonyl (C=O) groups excluding carboxylic acids is 1. The van der Waals surface area contributed by atoms with Crippen molar-refractivity contribution in [1.29, 1.82) is 0 Å². The van der Waals surface area contributed by atoms with E-state index < -0.39 is 0 Å². The second-order valence-corrected chi connectivity index (χ2v) is 2.51. The van der Waals surface area contributed by atoms with Crippen molar-refractivity contribution in [2.75, 3.05) is 0 Å². The van der Waals surface area contributed by atoms with Gasteiger partial charge in [0.15, 0.2) is 6.29 Å². The Morgan fingerprint density at radius 3 is 3.00 bits per heavy atom. The molecule has 0 amide bonds. The highest BCUT2D eigenvalue weighted by Gasteiger charge is 1.97. The van der Waals surface area contributed by atoms with Crippen molar-refractivity contribution in [2.24, 2.45) is 0 Å². The van der Waals surface area contributed by atoms with Gasteiger partial charge >= 0.3 is 0 Å². The molecule has 0 fully saturated rings. The summed E-state index contributed by atoms with van der Waals surface area (Å²) >= 11 is 0. The number of aromatic nitrogens is 3. The van der Waals surface area contributed by atoms with E-state index in [0.29, 0.717) is 11.5 Å². The van der Waals surface area contributed by atoms with E-state index >= 15 is 0 Å². The van der Waals surface area contributed by atoms with Crippen LogP contribution in [0.1, 0.15) is 10.5 Å². The molecule has 2 heterocycles. The topological polar surface area (TPSA) is 47.8 Å². The van der Waals surface area contributed by atoms with Gasteiger partial charge in [0.25, 0.3) is 0 Å². The minimum atomic E-state index is 0.422. The summed E-state index contributed by atoms with van der Waals surface area (Å²) in [6, 6.07) is 5.26. The van der Waals surface area contributed by atoms with Crippen LogP contribution in [0.4, 0.5) is 0 Å². The Balaban J connectivity index is 2.47. The number of rotatable bonds is 2. The molecule has 0 aliphatic carbocycles. The fraction of sp³-hybridized carbons (Fsp3) is 0. The first-order valence-corrected chi connectivity index (χ1v) is 3.81. The van der Waals surface area contributed by atoms with Crippen LogP contribution in [-0.2, 0) is 0 Å². The second kappa shape index (κ2) is 3.18. The van der Waals surface area contributed by atoms with E-state index in [1.54, 1.807) is 35.4 Å². The molecule has 0 radical (unpaired) electrons. The van der Waals surface area contributed by atoms with Crippen molar-refractivity contribution >= 4 is 6.29 Å². The molecule has 0 unspecified atom stereocenters.